The highest BCUT2D eigenvalue weighted by molar-refractivity contribution is 7.09. The average Bonchev–Trinajstić information content (AvgIpc) is 3.30. The van der Waals surface area contributed by atoms with E-state index in [0.29, 0.717) is 23.6 Å². The predicted molar refractivity (Wildman–Crippen MR) is 134 cm³/mol. The summed E-state index contributed by atoms with van der Waals surface area (Å²) < 4.78 is 5.77. The van der Waals surface area contributed by atoms with Crippen molar-refractivity contribution in [1.29, 1.82) is 0 Å². The number of hydrogen-bond donors (Lipinski definition) is 2. The first kappa shape index (κ1) is 23.2. The van der Waals surface area contributed by atoms with Crippen LogP contribution in [0.2, 0.25) is 0 Å². The molecular formula is C27H25N3O3S. The van der Waals surface area contributed by atoms with Crippen molar-refractivity contribution in [3.63, 3.8) is 0 Å². The summed E-state index contributed by atoms with van der Waals surface area (Å²) in [6.07, 6.45) is 0.0724. The fourth-order valence-electron chi connectivity index (χ4n) is 3.33. The maximum absolute atomic E-state index is 13.0. The number of anilines is 1. The van der Waals surface area contributed by atoms with Crippen molar-refractivity contribution in [2.75, 3.05) is 5.32 Å². The molecule has 0 saturated carbocycles. The van der Waals surface area contributed by atoms with Gasteiger partial charge in [-0.25, -0.2) is 4.98 Å². The zero-order valence-electron chi connectivity index (χ0n) is 18.7. The number of ether oxygens (including phenoxy) is 1. The fraction of sp³-hybridized carbons (Fsp3) is 0.148. The fourth-order valence-corrected chi connectivity index (χ4v) is 4.04. The molecule has 3 aromatic carbocycles. The van der Waals surface area contributed by atoms with Crippen molar-refractivity contribution in [3.05, 3.63) is 112 Å². The molecule has 0 aliphatic heterocycles. The summed E-state index contributed by atoms with van der Waals surface area (Å²) in [7, 11) is 0. The molecule has 2 amide bonds. The molecule has 7 heteroatoms. The van der Waals surface area contributed by atoms with Crippen LogP contribution in [0.3, 0.4) is 0 Å². The third kappa shape index (κ3) is 6.52. The van der Waals surface area contributed by atoms with E-state index in [0.717, 1.165) is 10.8 Å². The summed E-state index contributed by atoms with van der Waals surface area (Å²) in [5.41, 5.74) is 3.18. The van der Waals surface area contributed by atoms with Crippen molar-refractivity contribution < 1.29 is 14.3 Å². The molecule has 1 unspecified atom stereocenters. The monoisotopic (exact) mass is 471 g/mol. The number of carbonyl (C=O) groups excluding carboxylic acids is 2. The molecule has 0 bridgehead atoms. The van der Waals surface area contributed by atoms with Crippen LogP contribution in [0.4, 0.5) is 5.69 Å². The Hall–Kier alpha value is -3.97. The first-order valence-corrected chi connectivity index (χ1v) is 11.8. The maximum atomic E-state index is 13.0. The molecule has 6 nitrogen and oxygen atoms in total. The summed E-state index contributed by atoms with van der Waals surface area (Å²) >= 11 is 1.44. The minimum Gasteiger partial charge on any atom is -0.486 e. The summed E-state index contributed by atoms with van der Waals surface area (Å²) in [4.78, 5) is 30.3. The Kier molecular flexibility index (Phi) is 7.67. The number of benzene rings is 3. The van der Waals surface area contributed by atoms with Gasteiger partial charge in [0.05, 0.1) is 12.1 Å². The van der Waals surface area contributed by atoms with Crippen LogP contribution in [0.25, 0.3) is 0 Å². The number of para-hydroxylation sites is 1. The van der Waals surface area contributed by atoms with Gasteiger partial charge in [0.1, 0.15) is 23.4 Å². The molecule has 1 aromatic heterocycles. The molecule has 2 N–H and O–H groups in total. The number of nitrogens with one attached hydrogen (secondary N) is 2. The van der Waals surface area contributed by atoms with E-state index < -0.39 is 6.04 Å². The Morgan fingerprint density at radius 1 is 0.941 bits per heavy atom. The predicted octanol–water partition coefficient (Wildman–Crippen LogP) is 5.07. The highest BCUT2D eigenvalue weighted by atomic mass is 32.1. The van der Waals surface area contributed by atoms with Crippen LogP contribution in [0.5, 0.6) is 5.75 Å². The van der Waals surface area contributed by atoms with Gasteiger partial charge in [-0.3, -0.25) is 9.59 Å². The number of hydrogen-bond acceptors (Lipinski definition) is 5. The van der Waals surface area contributed by atoms with Gasteiger partial charge in [0.15, 0.2) is 0 Å². The minimum absolute atomic E-state index is 0.0724. The number of amides is 2. The quantitative estimate of drug-likeness (QED) is 0.357. The lowest BCUT2D eigenvalue weighted by atomic mass is 10.1. The van der Waals surface area contributed by atoms with Crippen molar-refractivity contribution in [2.45, 2.75) is 26.0 Å². The third-order valence-electron chi connectivity index (χ3n) is 5.07. The second kappa shape index (κ2) is 11.2. The van der Waals surface area contributed by atoms with Crippen LogP contribution in [0, 0.1) is 6.92 Å². The standard InChI is InChI=1S/C27H25N3O3S/c1-19-12-14-23(15-13-19)33-17-25-28-22(18-34-25)16-24(31)30-26(20-8-4-2-5-9-20)27(32)29-21-10-6-3-7-11-21/h2-15,18,26H,16-17H2,1H3,(H,29,32)(H,30,31). The number of nitrogens with zero attached hydrogens (tertiary/aromatic N) is 1. The van der Waals surface area contributed by atoms with Crippen molar-refractivity contribution in [1.82, 2.24) is 10.3 Å². The summed E-state index contributed by atoms with van der Waals surface area (Å²) in [5, 5.41) is 8.35. The van der Waals surface area contributed by atoms with Crippen LogP contribution in [-0.2, 0) is 22.6 Å². The Balaban J connectivity index is 1.38. The van der Waals surface area contributed by atoms with Gasteiger partial charge in [-0.05, 0) is 36.8 Å². The van der Waals surface area contributed by atoms with Gasteiger partial charge in [0.2, 0.25) is 5.91 Å². The highest BCUT2D eigenvalue weighted by Crippen LogP contribution is 2.18. The lowest BCUT2D eigenvalue weighted by Gasteiger charge is -2.19. The Morgan fingerprint density at radius 2 is 1.62 bits per heavy atom. The Labute approximate surface area is 202 Å². The van der Waals surface area contributed by atoms with Crippen molar-refractivity contribution in [3.8, 4) is 5.75 Å². The van der Waals surface area contributed by atoms with Gasteiger partial charge in [-0.2, -0.15) is 0 Å². The molecule has 0 radical (unpaired) electrons. The summed E-state index contributed by atoms with van der Waals surface area (Å²) in [5.74, 6) is 0.180. The van der Waals surface area contributed by atoms with E-state index in [1.807, 2.05) is 85.1 Å². The molecule has 4 aromatic rings. The summed E-state index contributed by atoms with van der Waals surface area (Å²) in [6, 6.07) is 25.3. The van der Waals surface area contributed by atoms with E-state index >= 15 is 0 Å². The lowest BCUT2D eigenvalue weighted by Crippen LogP contribution is -2.37. The van der Waals surface area contributed by atoms with E-state index in [9.17, 15) is 9.59 Å². The zero-order valence-corrected chi connectivity index (χ0v) is 19.5. The molecule has 1 atom stereocenters. The van der Waals surface area contributed by atoms with Gasteiger partial charge in [0.25, 0.3) is 5.91 Å². The van der Waals surface area contributed by atoms with Gasteiger partial charge in [-0.15, -0.1) is 11.3 Å². The largest absolute Gasteiger partial charge is 0.486 e. The van der Waals surface area contributed by atoms with Crippen LogP contribution in [-0.4, -0.2) is 16.8 Å². The molecule has 172 valence electrons. The van der Waals surface area contributed by atoms with Crippen LogP contribution in [0.15, 0.2) is 90.3 Å². The second-order valence-corrected chi connectivity index (χ2v) is 8.72. The lowest BCUT2D eigenvalue weighted by molar-refractivity contribution is -0.126. The van der Waals surface area contributed by atoms with E-state index in [2.05, 4.69) is 15.6 Å². The van der Waals surface area contributed by atoms with E-state index in [1.54, 1.807) is 12.1 Å². The molecular weight excluding hydrogens is 446 g/mol. The molecule has 0 spiro atoms. The van der Waals surface area contributed by atoms with Gasteiger partial charge in [-0.1, -0.05) is 66.2 Å². The number of rotatable bonds is 9. The van der Waals surface area contributed by atoms with E-state index in [-0.39, 0.29) is 18.2 Å². The molecule has 4 rings (SSSR count). The van der Waals surface area contributed by atoms with E-state index in [4.69, 9.17) is 4.74 Å². The highest BCUT2D eigenvalue weighted by Gasteiger charge is 2.23. The normalized spacial score (nSPS) is 11.4. The first-order valence-electron chi connectivity index (χ1n) is 10.9. The molecule has 0 aliphatic rings. The number of thiazole rings is 1. The molecule has 1 heterocycles. The number of carbonyl (C=O) groups is 2. The SMILES string of the molecule is Cc1ccc(OCc2nc(CC(=O)NC(C(=O)Nc3ccccc3)c3ccccc3)cs2)cc1. The number of aromatic nitrogens is 1. The van der Waals surface area contributed by atoms with Crippen molar-refractivity contribution in [2.24, 2.45) is 0 Å². The maximum Gasteiger partial charge on any atom is 0.251 e. The number of aryl methyl sites for hydroxylation is 1. The second-order valence-electron chi connectivity index (χ2n) is 7.78. The van der Waals surface area contributed by atoms with Crippen LogP contribution in [0.1, 0.15) is 27.9 Å². The van der Waals surface area contributed by atoms with Crippen molar-refractivity contribution >= 4 is 28.8 Å². The first-order chi connectivity index (χ1) is 16.6. The van der Waals surface area contributed by atoms with Gasteiger partial charge in [0, 0.05) is 11.1 Å². The van der Waals surface area contributed by atoms with Crippen LogP contribution >= 0.6 is 11.3 Å². The zero-order chi connectivity index (χ0) is 23.8. The van der Waals surface area contributed by atoms with Gasteiger partial charge >= 0.3 is 0 Å². The summed E-state index contributed by atoms with van der Waals surface area (Å²) in [6.45, 7) is 2.36. The topological polar surface area (TPSA) is 80.3 Å². The van der Waals surface area contributed by atoms with Crippen LogP contribution < -0.4 is 15.4 Å². The van der Waals surface area contributed by atoms with Gasteiger partial charge < -0.3 is 15.4 Å². The Morgan fingerprint density at radius 3 is 2.32 bits per heavy atom. The molecule has 34 heavy (non-hydrogen) atoms. The average molecular weight is 472 g/mol. The molecule has 0 aliphatic carbocycles. The molecule has 0 fully saturated rings. The molecule has 0 saturated heterocycles. The smallest absolute Gasteiger partial charge is 0.251 e. The Bertz CT molecular complexity index is 1220. The third-order valence-corrected chi connectivity index (χ3v) is 5.94. The minimum atomic E-state index is -0.822. The van der Waals surface area contributed by atoms with E-state index in [1.165, 1.54) is 16.9 Å².